The number of carbonyl (C=O) groups excluding carboxylic acids is 2. The van der Waals surface area contributed by atoms with Crippen LogP contribution in [0.25, 0.3) is 0 Å². The number of amidine groups is 1. The van der Waals surface area contributed by atoms with Crippen molar-refractivity contribution in [2.75, 3.05) is 13.1 Å². The molecule has 0 spiro atoms. The Morgan fingerprint density at radius 2 is 2.00 bits per heavy atom. The number of likely N-dealkylation sites (tertiary alicyclic amines) is 1. The Balaban J connectivity index is 2.27. The summed E-state index contributed by atoms with van der Waals surface area (Å²) in [5, 5.41) is 7.15. The molecule has 0 atom stereocenters. The van der Waals surface area contributed by atoms with Gasteiger partial charge in [0, 0.05) is 26.4 Å². The third-order valence-corrected chi connectivity index (χ3v) is 2.93. The Bertz CT molecular complexity index is 309. The monoisotopic (exact) mass is 241 g/mol. The Hall–Kier alpha value is -1.59. The molecule has 96 valence electrons. The molecule has 1 aliphatic rings. The fraction of sp³-hybridized carbons (Fsp3) is 0.727. The predicted octanol–water partition coefficient (Wildman–Crippen LogP) is 1.10. The van der Waals surface area contributed by atoms with Crippen LogP contribution in [-0.4, -0.2) is 35.9 Å². The van der Waals surface area contributed by atoms with Gasteiger partial charge in [0.1, 0.15) is 0 Å². The lowest BCUT2D eigenvalue weighted by Crippen LogP contribution is -2.39. The maximum Gasteiger partial charge on any atom is 0.417 e. The second-order valence-electron chi connectivity index (χ2n) is 4.35. The molecule has 0 aromatic heterocycles. The van der Waals surface area contributed by atoms with Crippen LogP contribution in [0.2, 0.25) is 0 Å². The van der Waals surface area contributed by atoms with E-state index in [9.17, 15) is 9.59 Å². The van der Waals surface area contributed by atoms with E-state index >= 15 is 0 Å². The van der Waals surface area contributed by atoms with Gasteiger partial charge in [-0.25, -0.2) is 4.79 Å². The highest BCUT2D eigenvalue weighted by Gasteiger charge is 2.24. The van der Waals surface area contributed by atoms with Crippen molar-refractivity contribution in [2.24, 2.45) is 11.7 Å². The van der Waals surface area contributed by atoms with Gasteiger partial charge in [0.2, 0.25) is 0 Å². The summed E-state index contributed by atoms with van der Waals surface area (Å²) in [5.74, 6) is 0.136. The quantitative estimate of drug-likeness (QED) is 0.334. The van der Waals surface area contributed by atoms with Crippen LogP contribution in [0, 0.1) is 11.3 Å². The van der Waals surface area contributed by atoms with Crippen molar-refractivity contribution >= 4 is 17.9 Å². The van der Waals surface area contributed by atoms with E-state index in [1.165, 1.54) is 6.92 Å². The molecule has 17 heavy (non-hydrogen) atoms. The average molecular weight is 241 g/mol. The van der Waals surface area contributed by atoms with Gasteiger partial charge in [-0.15, -0.1) is 0 Å². The molecule has 1 amide bonds. The van der Waals surface area contributed by atoms with Gasteiger partial charge < -0.3 is 15.4 Å². The number of hydrogen-bond acceptors (Lipinski definition) is 4. The molecule has 0 aromatic rings. The first-order chi connectivity index (χ1) is 7.99. The van der Waals surface area contributed by atoms with Crippen molar-refractivity contribution in [2.45, 2.75) is 32.6 Å². The number of rotatable bonds is 3. The van der Waals surface area contributed by atoms with Crippen LogP contribution in [0.4, 0.5) is 4.79 Å². The Labute approximate surface area is 101 Å². The lowest BCUT2D eigenvalue weighted by Gasteiger charge is -2.30. The summed E-state index contributed by atoms with van der Waals surface area (Å²) >= 11 is 0. The Kier molecular flexibility index (Phi) is 4.93. The molecule has 1 heterocycles. The number of esters is 1. The zero-order chi connectivity index (χ0) is 12.8. The molecule has 0 unspecified atom stereocenters. The molecular formula is C11H19N3O3. The molecule has 6 heteroatoms. The number of piperidine rings is 1. The van der Waals surface area contributed by atoms with Crippen molar-refractivity contribution in [1.82, 2.24) is 4.90 Å². The second kappa shape index (κ2) is 6.22. The number of carbonyl (C=O) groups is 2. The van der Waals surface area contributed by atoms with Gasteiger partial charge in [-0.1, -0.05) is 0 Å². The lowest BCUT2D eigenvalue weighted by atomic mass is 9.92. The molecule has 0 saturated carbocycles. The normalized spacial score (nSPS) is 16.6. The van der Waals surface area contributed by atoms with Crippen LogP contribution >= 0.6 is 0 Å². The van der Waals surface area contributed by atoms with E-state index in [0.717, 1.165) is 19.3 Å². The zero-order valence-electron chi connectivity index (χ0n) is 10.1. The number of amides is 1. The average Bonchev–Trinajstić information content (AvgIpc) is 2.26. The molecule has 1 fully saturated rings. The van der Waals surface area contributed by atoms with Crippen LogP contribution in [0.5, 0.6) is 0 Å². The molecular weight excluding hydrogens is 222 g/mol. The standard InChI is InChI=1S/C11H19N3O3/c1-8(15)17-11(16)14-6-4-9(5-7-14)2-3-10(12)13/h9H,2-7H2,1H3,(H3,12,13). The number of ether oxygens (including phenoxy) is 1. The molecule has 0 radical (unpaired) electrons. The molecule has 1 rings (SSSR count). The van der Waals surface area contributed by atoms with E-state index in [4.69, 9.17) is 11.1 Å². The number of nitrogens with one attached hydrogen (secondary N) is 1. The van der Waals surface area contributed by atoms with Crippen LogP contribution in [0.3, 0.4) is 0 Å². The van der Waals surface area contributed by atoms with Crippen LogP contribution in [0.1, 0.15) is 32.6 Å². The highest BCUT2D eigenvalue weighted by Crippen LogP contribution is 2.22. The van der Waals surface area contributed by atoms with Crippen molar-refractivity contribution in [3.8, 4) is 0 Å². The first-order valence-corrected chi connectivity index (χ1v) is 5.79. The summed E-state index contributed by atoms with van der Waals surface area (Å²) in [5.41, 5.74) is 5.30. The maximum absolute atomic E-state index is 11.4. The Morgan fingerprint density at radius 3 is 2.47 bits per heavy atom. The second-order valence-corrected chi connectivity index (χ2v) is 4.35. The molecule has 1 aliphatic heterocycles. The summed E-state index contributed by atoms with van der Waals surface area (Å²) in [6.45, 7) is 2.43. The highest BCUT2D eigenvalue weighted by molar-refractivity contribution is 5.83. The third-order valence-electron chi connectivity index (χ3n) is 2.93. The molecule has 1 saturated heterocycles. The minimum absolute atomic E-state index is 0.211. The zero-order valence-corrected chi connectivity index (χ0v) is 10.1. The van der Waals surface area contributed by atoms with Crippen molar-refractivity contribution < 1.29 is 14.3 Å². The Morgan fingerprint density at radius 1 is 1.41 bits per heavy atom. The number of nitrogens with zero attached hydrogens (tertiary/aromatic N) is 1. The maximum atomic E-state index is 11.4. The first kappa shape index (κ1) is 13.5. The van der Waals surface area contributed by atoms with Gasteiger partial charge in [-0.3, -0.25) is 10.2 Å². The fourth-order valence-electron chi connectivity index (χ4n) is 1.95. The number of hydrogen-bond donors (Lipinski definition) is 2. The highest BCUT2D eigenvalue weighted by atomic mass is 16.6. The summed E-state index contributed by atoms with van der Waals surface area (Å²) in [6, 6.07) is 0. The molecule has 0 bridgehead atoms. The summed E-state index contributed by atoms with van der Waals surface area (Å²) in [6.07, 6.45) is 2.70. The SMILES string of the molecule is CC(=O)OC(=O)N1CCC(CCC(=N)N)CC1. The van der Waals surface area contributed by atoms with Crippen LogP contribution < -0.4 is 5.73 Å². The van der Waals surface area contributed by atoms with Crippen LogP contribution in [0.15, 0.2) is 0 Å². The summed E-state index contributed by atoms with van der Waals surface area (Å²) in [4.78, 5) is 23.6. The van der Waals surface area contributed by atoms with E-state index in [2.05, 4.69) is 4.74 Å². The minimum Gasteiger partial charge on any atom is -0.388 e. The van der Waals surface area contributed by atoms with E-state index in [-0.39, 0.29) is 5.84 Å². The molecule has 0 aliphatic carbocycles. The first-order valence-electron chi connectivity index (χ1n) is 5.79. The molecule has 3 N–H and O–H groups in total. The van der Waals surface area contributed by atoms with Crippen LogP contribution in [-0.2, 0) is 9.53 Å². The van der Waals surface area contributed by atoms with Gasteiger partial charge in [0.15, 0.2) is 0 Å². The third kappa shape index (κ3) is 4.84. The van der Waals surface area contributed by atoms with Crippen molar-refractivity contribution in [3.05, 3.63) is 0 Å². The van der Waals surface area contributed by atoms with E-state index in [1.54, 1.807) is 4.90 Å². The van der Waals surface area contributed by atoms with Gasteiger partial charge in [-0.2, -0.15) is 0 Å². The predicted molar refractivity (Wildman–Crippen MR) is 62.6 cm³/mol. The fourth-order valence-corrected chi connectivity index (χ4v) is 1.95. The summed E-state index contributed by atoms with van der Waals surface area (Å²) in [7, 11) is 0. The topological polar surface area (TPSA) is 96.5 Å². The van der Waals surface area contributed by atoms with Gasteiger partial charge in [0.25, 0.3) is 0 Å². The van der Waals surface area contributed by atoms with E-state index in [0.29, 0.717) is 25.4 Å². The minimum atomic E-state index is -0.575. The van der Waals surface area contributed by atoms with E-state index < -0.39 is 12.1 Å². The van der Waals surface area contributed by atoms with Crippen molar-refractivity contribution in [3.63, 3.8) is 0 Å². The van der Waals surface area contributed by atoms with Gasteiger partial charge in [0.05, 0.1) is 5.84 Å². The molecule has 0 aromatic carbocycles. The molecule has 6 nitrogen and oxygen atoms in total. The summed E-state index contributed by atoms with van der Waals surface area (Å²) < 4.78 is 4.52. The van der Waals surface area contributed by atoms with Gasteiger partial charge >= 0.3 is 12.1 Å². The van der Waals surface area contributed by atoms with Crippen molar-refractivity contribution in [1.29, 1.82) is 5.41 Å². The van der Waals surface area contributed by atoms with E-state index in [1.807, 2.05) is 0 Å². The smallest absolute Gasteiger partial charge is 0.388 e. The number of nitrogens with two attached hydrogens (primary N) is 1. The largest absolute Gasteiger partial charge is 0.417 e. The van der Waals surface area contributed by atoms with Gasteiger partial charge in [-0.05, 0) is 25.2 Å². The lowest BCUT2D eigenvalue weighted by molar-refractivity contribution is -0.135.